The summed E-state index contributed by atoms with van der Waals surface area (Å²) in [4.78, 5) is 46.5. The number of ether oxygens (including phenoxy) is 5. The number of thiazole rings is 1. The molecule has 0 spiro atoms. The number of carbonyl (C=O) groups is 2. The Bertz CT molecular complexity index is 1750. The van der Waals surface area contributed by atoms with Gasteiger partial charge in [-0.25, -0.2) is 9.79 Å². The van der Waals surface area contributed by atoms with E-state index in [4.69, 9.17) is 23.7 Å². The second-order valence-electron chi connectivity index (χ2n) is 10.00. The van der Waals surface area contributed by atoms with Gasteiger partial charge in [0.15, 0.2) is 22.9 Å². The molecule has 3 heterocycles. The third kappa shape index (κ3) is 6.56. The van der Waals surface area contributed by atoms with E-state index in [9.17, 15) is 14.4 Å². The summed E-state index contributed by atoms with van der Waals surface area (Å²) < 4.78 is 29.7. The van der Waals surface area contributed by atoms with E-state index in [0.29, 0.717) is 81.9 Å². The lowest BCUT2D eigenvalue weighted by atomic mass is 9.95. The van der Waals surface area contributed by atoms with Crippen molar-refractivity contribution in [3.63, 3.8) is 0 Å². The number of morpholine rings is 1. The van der Waals surface area contributed by atoms with Crippen molar-refractivity contribution in [3.8, 4) is 17.2 Å². The van der Waals surface area contributed by atoms with Crippen LogP contribution in [-0.4, -0.2) is 74.6 Å². The second-order valence-corrected chi connectivity index (χ2v) is 11.0. The summed E-state index contributed by atoms with van der Waals surface area (Å²) in [5.74, 6) is 0.835. The fourth-order valence-corrected chi connectivity index (χ4v) is 6.16. The molecule has 12 heteroatoms. The number of amides is 1. The lowest BCUT2D eigenvalue weighted by molar-refractivity contribution is -0.139. The van der Waals surface area contributed by atoms with E-state index in [2.05, 4.69) is 4.99 Å². The molecule has 44 heavy (non-hydrogen) atoms. The molecule has 2 aliphatic rings. The molecule has 1 fully saturated rings. The monoisotopic (exact) mass is 621 g/mol. The average molecular weight is 622 g/mol. The highest BCUT2D eigenvalue weighted by Crippen LogP contribution is 2.32. The molecule has 2 aliphatic heterocycles. The van der Waals surface area contributed by atoms with Crippen LogP contribution in [0.25, 0.3) is 6.08 Å². The molecule has 0 saturated carbocycles. The zero-order chi connectivity index (χ0) is 31.2. The molecule has 0 radical (unpaired) electrons. The summed E-state index contributed by atoms with van der Waals surface area (Å²) in [6.45, 7) is 7.89. The Kier molecular flexibility index (Phi) is 9.81. The number of hydrogen-bond acceptors (Lipinski definition) is 10. The van der Waals surface area contributed by atoms with E-state index >= 15 is 0 Å². The van der Waals surface area contributed by atoms with Crippen molar-refractivity contribution < 1.29 is 33.3 Å². The average Bonchev–Trinajstić information content (AvgIpc) is 3.34. The first-order valence-electron chi connectivity index (χ1n) is 14.4. The van der Waals surface area contributed by atoms with Crippen LogP contribution >= 0.6 is 11.3 Å². The van der Waals surface area contributed by atoms with Crippen molar-refractivity contribution in [1.82, 2.24) is 9.47 Å². The number of hydrogen-bond donors (Lipinski definition) is 0. The van der Waals surface area contributed by atoms with Crippen LogP contribution in [0.5, 0.6) is 17.2 Å². The molecular formula is C32H35N3O8S. The van der Waals surface area contributed by atoms with Crippen LogP contribution in [0.15, 0.2) is 63.5 Å². The number of rotatable bonds is 10. The number of methoxy groups -OCH3 is 1. The van der Waals surface area contributed by atoms with Gasteiger partial charge in [-0.05, 0) is 62.2 Å². The maximum absolute atomic E-state index is 14.0. The molecule has 3 aromatic rings. The molecular weight excluding hydrogens is 586 g/mol. The van der Waals surface area contributed by atoms with Gasteiger partial charge in [0.1, 0.15) is 5.75 Å². The minimum absolute atomic E-state index is 0.121. The molecule has 1 aromatic heterocycles. The molecule has 1 atom stereocenters. The maximum atomic E-state index is 14.0. The summed E-state index contributed by atoms with van der Waals surface area (Å²) >= 11 is 1.23. The predicted molar refractivity (Wildman–Crippen MR) is 164 cm³/mol. The first-order valence-corrected chi connectivity index (χ1v) is 15.2. The summed E-state index contributed by atoms with van der Waals surface area (Å²) in [7, 11) is 1.56. The Hall–Kier alpha value is -4.42. The molecule has 0 bridgehead atoms. The lowest BCUT2D eigenvalue weighted by Gasteiger charge is -2.26. The smallest absolute Gasteiger partial charge is 0.338 e. The maximum Gasteiger partial charge on any atom is 0.338 e. The Labute approximate surface area is 258 Å². The Morgan fingerprint density at radius 3 is 2.59 bits per heavy atom. The van der Waals surface area contributed by atoms with Gasteiger partial charge >= 0.3 is 5.97 Å². The van der Waals surface area contributed by atoms with Gasteiger partial charge in [0.2, 0.25) is 0 Å². The fraction of sp³-hybridized carbons (Fsp3) is 0.375. The molecule has 0 aliphatic carbocycles. The Morgan fingerprint density at radius 1 is 1.07 bits per heavy atom. The van der Waals surface area contributed by atoms with Crippen LogP contribution in [0, 0.1) is 0 Å². The molecule has 1 amide bonds. The van der Waals surface area contributed by atoms with E-state index in [1.165, 1.54) is 15.9 Å². The highest BCUT2D eigenvalue weighted by atomic mass is 32.1. The van der Waals surface area contributed by atoms with Gasteiger partial charge < -0.3 is 28.6 Å². The highest BCUT2D eigenvalue weighted by molar-refractivity contribution is 7.07. The van der Waals surface area contributed by atoms with Crippen LogP contribution in [0.3, 0.4) is 0 Å². The minimum Gasteiger partial charge on any atom is -0.497 e. The van der Waals surface area contributed by atoms with Crippen molar-refractivity contribution in [2.24, 2.45) is 4.99 Å². The van der Waals surface area contributed by atoms with Crippen molar-refractivity contribution in [1.29, 1.82) is 0 Å². The molecule has 0 N–H and O–H groups in total. The topological polar surface area (TPSA) is 118 Å². The van der Waals surface area contributed by atoms with E-state index in [1.54, 1.807) is 62.3 Å². The van der Waals surface area contributed by atoms with E-state index in [1.807, 2.05) is 19.1 Å². The number of fused-ring (bicyclic) bond motifs is 1. The molecule has 0 unspecified atom stereocenters. The van der Waals surface area contributed by atoms with Gasteiger partial charge in [0.25, 0.3) is 11.5 Å². The zero-order valence-corrected chi connectivity index (χ0v) is 26.0. The summed E-state index contributed by atoms with van der Waals surface area (Å²) in [5.41, 5.74) is 1.87. The van der Waals surface area contributed by atoms with Crippen molar-refractivity contribution in [3.05, 3.63) is 84.5 Å². The van der Waals surface area contributed by atoms with E-state index in [-0.39, 0.29) is 24.7 Å². The predicted octanol–water partition coefficient (Wildman–Crippen LogP) is 2.44. The molecule has 5 rings (SSSR count). The first kappa shape index (κ1) is 31.0. The van der Waals surface area contributed by atoms with Gasteiger partial charge in [-0.15, -0.1) is 0 Å². The molecule has 232 valence electrons. The number of esters is 1. The van der Waals surface area contributed by atoms with Gasteiger partial charge in [0.05, 0.1) is 55.4 Å². The Balaban J connectivity index is 1.51. The largest absolute Gasteiger partial charge is 0.497 e. The van der Waals surface area contributed by atoms with Crippen LogP contribution in [0.4, 0.5) is 0 Å². The normalized spacial score (nSPS) is 16.7. The van der Waals surface area contributed by atoms with Crippen molar-refractivity contribution in [2.45, 2.75) is 26.8 Å². The number of nitrogens with zero attached hydrogens (tertiary/aromatic N) is 3. The van der Waals surface area contributed by atoms with Crippen LogP contribution in [0.1, 0.15) is 37.9 Å². The van der Waals surface area contributed by atoms with Crippen molar-refractivity contribution in [2.75, 3.05) is 53.2 Å². The van der Waals surface area contributed by atoms with Crippen LogP contribution in [0.2, 0.25) is 0 Å². The quantitative estimate of drug-likeness (QED) is 0.317. The highest BCUT2D eigenvalue weighted by Gasteiger charge is 2.33. The number of allylic oxidation sites excluding steroid dienone is 1. The third-order valence-corrected chi connectivity index (χ3v) is 8.19. The fourth-order valence-electron chi connectivity index (χ4n) is 5.12. The summed E-state index contributed by atoms with van der Waals surface area (Å²) in [6.07, 6.45) is 1.75. The summed E-state index contributed by atoms with van der Waals surface area (Å²) in [6, 6.07) is 11.8. The third-order valence-electron chi connectivity index (χ3n) is 7.21. The summed E-state index contributed by atoms with van der Waals surface area (Å²) in [5, 5.41) is 0. The van der Waals surface area contributed by atoms with Crippen LogP contribution in [-0.2, 0) is 19.1 Å². The minimum atomic E-state index is -0.749. The number of aromatic nitrogens is 1. The van der Waals surface area contributed by atoms with Crippen LogP contribution < -0.4 is 29.1 Å². The van der Waals surface area contributed by atoms with E-state index in [0.717, 1.165) is 0 Å². The Morgan fingerprint density at radius 2 is 1.86 bits per heavy atom. The van der Waals surface area contributed by atoms with Gasteiger partial charge in [0, 0.05) is 13.1 Å². The SMILES string of the molecule is CCOC(=O)C1=C(C)N=c2s/c(=C/c3ccc(OCC(=O)N4CCOCC4)c(OCC)c3)c(=O)n2[C@@H]1c1cccc(OC)c1. The lowest BCUT2D eigenvalue weighted by Crippen LogP contribution is -2.43. The van der Waals surface area contributed by atoms with E-state index < -0.39 is 12.0 Å². The molecule has 1 saturated heterocycles. The van der Waals surface area contributed by atoms with Gasteiger partial charge in [-0.2, -0.15) is 0 Å². The standard InChI is InChI=1S/C32H35N3O8S/c1-5-41-25-16-21(10-11-24(25)43-19-27(36)34-12-14-40-15-13-34)17-26-30(37)35-29(22-8-7-9-23(18-22)39-4)28(31(38)42-6-2)20(3)33-32(35)44-26/h7-11,16-18,29H,5-6,12-15,19H2,1-4H3/b26-17+/t29-/m1/s1. The number of benzene rings is 2. The molecule has 2 aromatic carbocycles. The first-order chi connectivity index (χ1) is 21.3. The number of carbonyl (C=O) groups excluding carboxylic acids is 2. The molecule has 11 nitrogen and oxygen atoms in total. The zero-order valence-electron chi connectivity index (χ0n) is 25.2. The van der Waals surface area contributed by atoms with Gasteiger partial charge in [-0.3, -0.25) is 14.2 Å². The van der Waals surface area contributed by atoms with Crippen molar-refractivity contribution >= 4 is 29.3 Å². The second kappa shape index (κ2) is 13.9. The van der Waals surface area contributed by atoms with Gasteiger partial charge in [-0.1, -0.05) is 29.5 Å².